The molecule has 0 aliphatic heterocycles. The Morgan fingerprint density at radius 2 is 2.00 bits per heavy atom. The fourth-order valence-corrected chi connectivity index (χ4v) is 1.50. The quantitative estimate of drug-likeness (QED) is 0.716. The van der Waals surface area contributed by atoms with Gasteiger partial charge in [-0.3, -0.25) is 4.98 Å². The maximum absolute atomic E-state index is 5.84. The molecule has 2 aromatic rings. The molecule has 1 aromatic heterocycles. The van der Waals surface area contributed by atoms with Crippen LogP contribution in [0.4, 0.5) is 0 Å². The lowest BCUT2D eigenvalue weighted by Gasteiger charge is -2.07. The van der Waals surface area contributed by atoms with Crippen LogP contribution in [0.2, 0.25) is 0 Å². The van der Waals surface area contributed by atoms with E-state index in [2.05, 4.69) is 4.98 Å². The zero-order valence-electron chi connectivity index (χ0n) is 7.57. The summed E-state index contributed by atoms with van der Waals surface area (Å²) >= 11 is 0. The molecule has 1 heterocycles. The Morgan fingerprint density at radius 1 is 1.23 bits per heavy atom. The minimum absolute atomic E-state index is 0.0404. The van der Waals surface area contributed by atoms with Crippen LogP contribution in [0.25, 0.3) is 10.9 Å². The van der Waals surface area contributed by atoms with Crippen molar-refractivity contribution in [2.24, 2.45) is 5.73 Å². The van der Waals surface area contributed by atoms with E-state index in [1.807, 2.05) is 37.3 Å². The van der Waals surface area contributed by atoms with Gasteiger partial charge in [-0.1, -0.05) is 24.3 Å². The van der Waals surface area contributed by atoms with Gasteiger partial charge in [0, 0.05) is 17.6 Å². The molecule has 0 saturated heterocycles. The second kappa shape index (κ2) is 3.15. The Kier molecular flexibility index (Phi) is 1.99. The van der Waals surface area contributed by atoms with Crippen LogP contribution in [0.15, 0.2) is 36.5 Å². The van der Waals surface area contributed by atoms with Crippen molar-refractivity contribution in [3.8, 4) is 0 Å². The van der Waals surface area contributed by atoms with Crippen molar-refractivity contribution in [1.29, 1.82) is 0 Å². The molecule has 2 heteroatoms. The van der Waals surface area contributed by atoms with Gasteiger partial charge in [-0.2, -0.15) is 0 Å². The number of hydrogen-bond donors (Lipinski definition) is 1. The highest BCUT2D eigenvalue weighted by Crippen LogP contribution is 2.20. The Bertz CT molecular complexity index is 416. The first-order valence-corrected chi connectivity index (χ1v) is 4.38. The molecule has 66 valence electrons. The molecule has 0 amide bonds. The van der Waals surface area contributed by atoms with Crippen LogP contribution in [0.1, 0.15) is 18.5 Å². The third-order valence-electron chi connectivity index (χ3n) is 2.15. The van der Waals surface area contributed by atoms with Gasteiger partial charge in [-0.05, 0) is 18.6 Å². The maximum atomic E-state index is 5.84. The van der Waals surface area contributed by atoms with E-state index in [4.69, 9.17) is 5.73 Å². The number of pyridine rings is 1. The third kappa shape index (κ3) is 1.40. The standard InChI is InChI=1S/C11H12N2/c1-8(12)10-6-2-4-9-5-3-7-13-11(9)10/h2-8H,12H2,1H3/t8-/m1/s1. The molecule has 13 heavy (non-hydrogen) atoms. The molecule has 1 atom stereocenters. The first-order chi connectivity index (χ1) is 6.29. The molecule has 2 N–H and O–H groups in total. The van der Waals surface area contributed by atoms with Crippen molar-refractivity contribution in [2.45, 2.75) is 13.0 Å². The Balaban J connectivity index is 2.76. The molecule has 0 saturated carbocycles. The van der Waals surface area contributed by atoms with Crippen LogP contribution < -0.4 is 5.73 Å². The van der Waals surface area contributed by atoms with Gasteiger partial charge in [0.25, 0.3) is 0 Å². The average Bonchev–Trinajstić information content (AvgIpc) is 2.17. The summed E-state index contributed by atoms with van der Waals surface area (Å²) in [6.07, 6.45) is 1.80. The monoisotopic (exact) mass is 172 g/mol. The van der Waals surface area contributed by atoms with Gasteiger partial charge in [-0.15, -0.1) is 0 Å². The van der Waals surface area contributed by atoms with E-state index < -0.39 is 0 Å². The van der Waals surface area contributed by atoms with E-state index in [0.29, 0.717) is 0 Å². The Labute approximate surface area is 77.4 Å². The molecule has 1 aromatic carbocycles. The lowest BCUT2D eigenvalue weighted by atomic mass is 10.1. The number of rotatable bonds is 1. The molecule has 0 spiro atoms. The molecular weight excluding hydrogens is 160 g/mol. The zero-order chi connectivity index (χ0) is 9.26. The molecule has 2 nitrogen and oxygen atoms in total. The number of benzene rings is 1. The van der Waals surface area contributed by atoms with Gasteiger partial charge in [0.2, 0.25) is 0 Å². The second-order valence-corrected chi connectivity index (χ2v) is 3.21. The van der Waals surface area contributed by atoms with Crippen molar-refractivity contribution < 1.29 is 0 Å². The highest BCUT2D eigenvalue weighted by Gasteiger charge is 2.04. The van der Waals surface area contributed by atoms with Gasteiger partial charge in [-0.25, -0.2) is 0 Å². The summed E-state index contributed by atoms with van der Waals surface area (Å²) in [5, 5.41) is 1.15. The number of nitrogens with two attached hydrogens (primary N) is 1. The first-order valence-electron chi connectivity index (χ1n) is 4.38. The highest BCUT2D eigenvalue weighted by atomic mass is 14.7. The predicted octanol–water partition coefficient (Wildman–Crippen LogP) is 2.25. The van der Waals surface area contributed by atoms with Gasteiger partial charge in [0.1, 0.15) is 0 Å². The van der Waals surface area contributed by atoms with E-state index in [1.54, 1.807) is 6.20 Å². The minimum Gasteiger partial charge on any atom is -0.324 e. The fraction of sp³-hybridized carbons (Fsp3) is 0.182. The number of hydrogen-bond acceptors (Lipinski definition) is 2. The first kappa shape index (κ1) is 8.20. The summed E-state index contributed by atoms with van der Waals surface area (Å²) in [7, 11) is 0. The van der Waals surface area contributed by atoms with Crippen LogP contribution in [-0.2, 0) is 0 Å². The number of nitrogens with zero attached hydrogens (tertiary/aromatic N) is 1. The van der Waals surface area contributed by atoms with E-state index >= 15 is 0 Å². The average molecular weight is 172 g/mol. The summed E-state index contributed by atoms with van der Waals surface area (Å²) < 4.78 is 0. The molecule has 0 bridgehead atoms. The van der Waals surface area contributed by atoms with Gasteiger partial charge >= 0.3 is 0 Å². The Morgan fingerprint density at radius 3 is 2.77 bits per heavy atom. The zero-order valence-corrected chi connectivity index (χ0v) is 7.57. The number of fused-ring (bicyclic) bond motifs is 1. The SMILES string of the molecule is C[C@@H](N)c1cccc2cccnc12. The third-order valence-corrected chi connectivity index (χ3v) is 2.15. The number of para-hydroxylation sites is 1. The van der Waals surface area contributed by atoms with Crippen LogP contribution in [0.3, 0.4) is 0 Å². The van der Waals surface area contributed by atoms with Gasteiger partial charge < -0.3 is 5.73 Å². The van der Waals surface area contributed by atoms with Crippen LogP contribution in [0, 0.1) is 0 Å². The fourth-order valence-electron chi connectivity index (χ4n) is 1.50. The van der Waals surface area contributed by atoms with Crippen molar-refractivity contribution in [3.05, 3.63) is 42.1 Å². The summed E-state index contributed by atoms with van der Waals surface area (Å²) in [5.41, 5.74) is 7.96. The lowest BCUT2D eigenvalue weighted by molar-refractivity contribution is 0.824. The minimum atomic E-state index is 0.0404. The largest absolute Gasteiger partial charge is 0.324 e. The van der Waals surface area contributed by atoms with Gasteiger partial charge in [0.15, 0.2) is 0 Å². The smallest absolute Gasteiger partial charge is 0.0749 e. The highest BCUT2D eigenvalue weighted by molar-refractivity contribution is 5.81. The van der Waals surface area contributed by atoms with Crippen LogP contribution >= 0.6 is 0 Å². The predicted molar refractivity (Wildman–Crippen MR) is 54.3 cm³/mol. The van der Waals surface area contributed by atoms with Crippen LogP contribution in [0.5, 0.6) is 0 Å². The summed E-state index contributed by atoms with van der Waals surface area (Å²) in [6.45, 7) is 1.98. The van der Waals surface area contributed by atoms with Crippen molar-refractivity contribution in [1.82, 2.24) is 4.98 Å². The van der Waals surface area contributed by atoms with Crippen molar-refractivity contribution >= 4 is 10.9 Å². The summed E-state index contributed by atoms with van der Waals surface area (Å²) in [4.78, 5) is 4.32. The molecule has 0 fully saturated rings. The van der Waals surface area contributed by atoms with Crippen LogP contribution in [-0.4, -0.2) is 4.98 Å². The molecular formula is C11H12N2. The summed E-state index contributed by atoms with van der Waals surface area (Å²) in [6, 6.07) is 10.1. The van der Waals surface area contributed by atoms with E-state index in [-0.39, 0.29) is 6.04 Å². The summed E-state index contributed by atoms with van der Waals surface area (Å²) in [5.74, 6) is 0. The normalized spacial score (nSPS) is 13.1. The molecule has 0 radical (unpaired) electrons. The maximum Gasteiger partial charge on any atom is 0.0749 e. The number of aromatic nitrogens is 1. The topological polar surface area (TPSA) is 38.9 Å². The molecule has 2 rings (SSSR count). The van der Waals surface area contributed by atoms with Crippen molar-refractivity contribution in [2.75, 3.05) is 0 Å². The van der Waals surface area contributed by atoms with E-state index in [9.17, 15) is 0 Å². The van der Waals surface area contributed by atoms with E-state index in [0.717, 1.165) is 16.5 Å². The second-order valence-electron chi connectivity index (χ2n) is 3.21. The Hall–Kier alpha value is -1.41. The van der Waals surface area contributed by atoms with Gasteiger partial charge in [0.05, 0.1) is 5.52 Å². The lowest BCUT2D eigenvalue weighted by Crippen LogP contribution is -2.05. The molecule has 0 unspecified atom stereocenters. The van der Waals surface area contributed by atoms with E-state index in [1.165, 1.54) is 0 Å². The molecule has 0 aliphatic rings. The molecule has 0 aliphatic carbocycles. The van der Waals surface area contributed by atoms with Crippen molar-refractivity contribution in [3.63, 3.8) is 0 Å².